The van der Waals surface area contributed by atoms with Crippen molar-refractivity contribution in [3.63, 3.8) is 0 Å². The molecule has 0 aliphatic carbocycles. The van der Waals surface area contributed by atoms with Gasteiger partial charge in [-0.3, -0.25) is 9.59 Å². The third-order valence-electron chi connectivity index (χ3n) is 13.4. The predicted molar refractivity (Wildman–Crippen MR) is 292 cm³/mol. The van der Waals surface area contributed by atoms with Crippen LogP contribution in [-0.2, 0) is 14.3 Å². The summed E-state index contributed by atoms with van der Waals surface area (Å²) < 4.78 is 5.45. The molecule has 67 heavy (non-hydrogen) atoms. The Balaban J connectivity index is 3.55. The molecule has 2 atom stereocenters. The van der Waals surface area contributed by atoms with Crippen LogP contribution in [0, 0.1) is 0 Å². The van der Waals surface area contributed by atoms with Crippen LogP contribution in [0.3, 0.4) is 0 Å². The first-order chi connectivity index (χ1) is 33.0. The van der Waals surface area contributed by atoms with Crippen LogP contribution in [0.5, 0.6) is 0 Å². The van der Waals surface area contributed by atoms with E-state index in [9.17, 15) is 19.8 Å². The monoisotopic (exact) mass is 940 g/mol. The molecule has 0 aromatic heterocycles. The van der Waals surface area contributed by atoms with Crippen molar-refractivity contribution in [2.75, 3.05) is 13.2 Å². The zero-order valence-corrected chi connectivity index (χ0v) is 44.6. The zero-order chi connectivity index (χ0) is 48.6. The summed E-state index contributed by atoms with van der Waals surface area (Å²) in [6.07, 6.45) is 71.1. The molecule has 6 nitrogen and oxygen atoms in total. The lowest BCUT2D eigenvalue weighted by Crippen LogP contribution is -2.45. The molecular weight excluding hydrogens is 827 g/mol. The van der Waals surface area contributed by atoms with Crippen molar-refractivity contribution in [2.24, 2.45) is 0 Å². The van der Waals surface area contributed by atoms with Crippen LogP contribution in [0.4, 0.5) is 0 Å². The molecule has 0 fully saturated rings. The van der Waals surface area contributed by atoms with Gasteiger partial charge in [0.15, 0.2) is 0 Å². The summed E-state index contributed by atoms with van der Waals surface area (Å²) in [6.45, 7) is 4.87. The van der Waals surface area contributed by atoms with Gasteiger partial charge in [0, 0.05) is 12.8 Å². The fraction of sp³-hybridized carbons (Fsp3) is 0.836. The van der Waals surface area contributed by atoms with Crippen LogP contribution < -0.4 is 5.32 Å². The van der Waals surface area contributed by atoms with Gasteiger partial charge < -0.3 is 20.3 Å². The number of ether oxygens (including phenoxy) is 1. The third kappa shape index (κ3) is 53.0. The molecule has 0 aliphatic heterocycles. The molecule has 0 bridgehead atoms. The number of carbonyl (C=O) groups excluding carboxylic acids is 2. The van der Waals surface area contributed by atoms with Crippen molar-refractivity contribution < 1.29 is 24.5 Å². The molecule has 0 aliphatic rings. The summed E-state index contributed by atoms with van der Waals surface area (Å²) in [6, 6.07) is -0.588. The second-order valence-electron chi connectivity index (χ2n) is 20.0. The highest BCUT2D eigenvalue weighted by Crippen LogP contribution is 2.17. The van der Waals surface area contributed by atoms with Gasteiger partial charge in [0.05, 0.1) is 25.4 Å². The molecule has 0 aromatic rings. The standard InChI is InChI=1S/C61H113NO5/c1-3-5-7-9-11-13-15-17-19-21-22-23-24-25-26-29-33-37-41-45-49-53-59(64)58(57-63)62-60(65)54-50-46-42-38-34-30-28-32-36-40-44-48-52-56-67-61(66)55-51-47-43-39-35-31-27-20-18-16-14-12-10-8-6-4-2/h14,16,20,27,30,34,42,46,58-59,63-64H,3-13,15,17-19,21-26,28-29,31-33,35-41,43-45,47-57H2,1-2H3,(H,62,65)/b16-14-,27-20-,34-30-,46-42-. The molecule has 0 aromatic carbocycles. The molecule has 0 heterocycles. The number of rotatable bonds is 54. The minimum Gasteiger partial charge on any atom is -0.466 e. The second kappa shape index (κ2) is 56.4. The molecule has 0 radical (unpaired) electrons. The molecule has 392 valence electrons. The fourth-order valence-electron chi connectivity index (χ4n) is 8.84. The van der Waals surface area contributed by atoms with Gasteiger partial charge in [-0.25, -0.2) is 0 Å². The van der Waals surface area contributed by atoms with E-state index in [1.807, 2.05) is 6.08 Å². The van der Waals surface area contributed by atoms with Crippen LogP contribution >= 0.6 is 0 Å². The molecule has 6 heteroatoms. The number of amides is 1. The summed E-state index contributed by atoms with van der Waals surface area (Å²) in [5.74, 6) is -0.145. The lowest BCUT2D eigenvalue weighted by atomic mass is 10.0. The minimum absolute atomic E-state index is 0.0304. The second-order valence-corrected chi connectivity index (χ2v) is 20.0. The van der Waals surface area contributed by atoms with Crippen molar-refractivity contribution in [2.45, 2.75) is 315 Å². The largest absolute Gasteiger partial charge is 0.466 e. The van der Waals surface area contributed by atoms with Gasteiger partial charge in [-0.05, 0) is 77.0 Å². The Morgan fingerprint density at radius 3 is 1.18 bits per heavy atom. The first-order valence-electron chi connectivity index (χ1n) is 29.4. The van der Waals surface area contributed by atoms with Crippen molar-refractivity contribution >= 4 is 11.9 Å². The van der Waals surface area contributed by atoms with Gasteiger partial charge in [-0.1, -0.05) is 262 Å². The van der Waals surface area contributed by atoms with E-state index in [1.54, 1.807) is 0 Å². The van der Waals surface area contributed by atoms with Gasteiger partial charge >= 0.3 is 5.97 Å². The van der Waals surface area contributed by atoms with Gasteiger partial charge in [0.2, 0.25) is 5.91 Å². The topological polar surface area (TPSA) is 95.9 Å². The van der Waals surface area contributed by atoms with Crippen molar-refractivity contribution in [3.8, 4) is 0 Å². The SMILES string of the molecule is CCCCCC/C=C\C/C=C\CCCCCCCC(=O)OCCCCCCCC/C=C\C/C=C\CCC(=O)NC(CO)C(O)CCCCCCCCCCCCCCCCCCCCCCC. The fourth-order valence-corrected chi connectivity index (χ4v) is 8.84. The third-order valence-corrected chi connectivity index (χ3v) is 13.4. The van der Waals surface area contributed by atoms with Gasteiger partial charge in [-0.15, -0.1) is 0 Å². The van der Waals surface area contributed by atoms with Gasteiger partial charge in [0.25, 0.3) is 0 Å². The van der Waals surface area contributed by atoms with Crippen LogP contribution in [-0.4, -0.2) is 47.4 Å². The van der Waals surface area contributed by atoms with Crippen molar-refractivity contribution in [1.29, 1.82) is 0 Å². The van der Waals surface area contributed by atoms with E-state index < -0.39 is 12.1 Å². The number of unbranched alkanes of at least 4 members (excludes halogenated alkanes) is 35. The van der Waals surface area contributed by atoms with Gasteiger partial charge in [0.1, 0.15) is 0 Å². The van der Waals surface area contributed by atoms with Crippen LogP contribution in [0.25, 0.3) is 0 Å². The van der Waals surface area contributed by atoms with E-state index in [-0.39, 0.29) is 18.5 Å². The Hall–Kier alpha value is -2.18. The Morgan fingerprint density at radius 1 is 0.418 bits per heavy atom. The lowest BCUT2D eigenvalue weighted by molar-refractivity contribution is -0.143. The summed E-state index contributed by atoms with van der Waals surface area (Å²) in [7, 11) is 0. The Labute approximate surface area is 416 Å². The van der Waals surface area contributed by atoms with Crippen molar-refractivity contribution in [1.82, 2.24) is 5.32 Å². The van der Waals surface area contributed by atoms with Gasteiger partial charge in [-0.2, -0.15) is 0 Å². The summed E-state index contributed by atoms with van der Waals surface area (Å²) >= 11 is 0. The number of nitrogens with one attached hydrogen (secondary N) is 1. The van der Waals surface area contributed by atoms with Crippen molar-refractivity contribution in [3.05, 3.63) is 48.6 Å². The maximum absolute atomic E-state index is 12.5. The molecule has 0 saturated carbocycles. The molecule has 0 rings (SSSR count). The Bertz CT molecular complexity index is 1130. The van der Waals surface area contributed by atoms with E-state index >= 15 is 0 Å². The molecule has 0 saturated heterocycles. The summed E-state index contributed by atoms with van der Waals surface area (Å²) in [5.41, 5.74) is 0. The molecule has 0 spiro atoms. The van der Waals surface area contributed by atoms with Crippen LogP contribution in [0.1, 0.15) is 303 Å². The predicted octanol–water partition coefficient (Wildman–Crippen LogP) is 18.2. The highest BCUT2D eigenvalue weighted by Gasteiger charge is 2.19. The number of aliphatic hydroxyl groups excluding tert-OH is 2. The van der Waals surface area contributed by atoms with E-state index in [0.29, 0.717) is 32.3 Å². The Morgan fingerprint density at radius 2 is 0.761 bits per heavy atom. The van der Waals surface area contributed by atoms with E-state index in [0.717, 1.165) is 64.2 Å². The first kappa shape index (κ1) is 64.8. The first-order valence-corrected chi connectivity index (χ1v) is 29.4. The number of aliphatic hydroxyl groups is 2. The smallest absolute Gasteiger partial charge is 0.305 e. The van der Waals surface area contributed by atoms with E-state index in [1.165, 1.54) is 199 Å². The maximum Gasteiger partial charge on any atom is 0.305 e. The number of carbonyl (C=O) groups is 2. The number of allylic oxidation sites excluding steroid dienone is 8. The summed E-state index contributed by atoms with van der Waals surface area (Å²) in [5, 5.41) is 23.3. The lowest BCUT2D eigenvalue weighted by Gasteiger charge is -2.22. The highest BCUT2D eigenvalue weighted by atomic mass is 16.5. The molecule has 1 amide bonds. The molecular formula is C61H113NO5. The zero-order valence-electron chi connectivity index (χ0n) is 44.6. The molecule has 3 N–H and O–H groups in total. The number of esters is 1. The average molecular weight is 941 g/mol. The number of hydrogen-bond donors (Lipinski definition) is 3. The number of hydrogen-bond acceptors (Lipinski definition) is 5. The van der Waals surface area contributed by atoms with Crippen LogP contribution in [0.2, 0.25) is 0 Å². The molecule has 2 unspecified atom stereocenters. The maximum atomic E-state index is 12.5. The average Bonchev–Trinajstić information content (AvgIpc) is 3.33. The Kier molecular flexibility index (Phi) is 54.6. The quantitative estimate of drug-likeness (QED) is 0.0321. The van der Waals surface area contributed by atoms with Crippen LogP contribution in [0.15, 0.2) is 48.6 Å². The van der Waals surface area contributed by atoms with E-state index in [4.69, 9.17) is 4.74 Å². The summed E-state index contributed by atoms with van der Waals surface area (Å²) in [4.78, 5) is 24.5. The van der Waals surface area contributed by atoms with E-state index in [2.05, 4.69) is 61.7 Å². The minimum atomic E-state index is -0.702. The highest BCUT2D eigenvalue weighted by molar-refractivity contribution is 5.76. The normalized spacial score (nSPS) is 13.0.